The maximum Gasteiger partial charge on any atom is 0.123 e. The van der Waals surface area contributed by atoms with E-state index in [0.29, 0.717) is 0 Å². The maximum atomic E-state index is 13.9. The van der Waals surface area contributed by atoms with Crippen molar-refractivity contribution in [2.75, 3.05) is 13.6 Å². The van der Waals surface area contributed by atoms with Crippen LogP contribution in [0.1, 0.15) is 30.7 Å². The van der Waals surface area contributed by atoms with Crippen LogP contribution in [0.15, 0.2) is 42.5 Å². The molecule has 0 fully saturated rings. The first-order valence-corrected chi connectivity index (χ1v) is 9.09. The molecule has 0 saturated heterocycles. The summed E-state index contributed by atoms with van der Waals surface area (Å²) >= 11 is 0. The maximum absolute atomic E-state index is 13.9. The van der Waals surface area contributed by atoms with Gasteiger partial charge in [-0.25, -0.2) is 8.78 Å². The quantitative estimate of drug-likeness (QED) is 0.650. The topological polar surface area (TPSA) is 8.17 Å². The minimum absolute atomic E-state index is 0.162. The second-order valence-electron chi connectivity index (χ2n) is 8.05. The molecule has 136 valence electrons. The summed E-state index contributed by atoms with van der Waals surface area (Å²) in [4.78, 5) is 2.28. The lowest BCUT2D eigenvalue weighted by molar-refractivity contribution is 0.306. The van der Waals surface area contributed by atoms with E-state index in [1.807, 2.05) is 18.2 Å². The van der Waals surface area contributed by atoms with E-state index in [-0.39, 0.29) is 17.0 Å². The highest BCUT2D eigenvalue weighted by atomic mass is 19.1. The van der Waals surface area contributed by atoms with Crippen molar-refractivity contribution in [2.45, 2.75) is 38.8 Å². The highest BCUT2D eigenvalue weighted by molar-refractivity contribution is 5.86. The second-order valence-corrected chi connectivity index (χ2v) is 8.05. The van der Waals surface area contributed by atoms with Gasteiger partial charge < -0.3 is 9.47 Å². The molecule has 2 heterocycles. The lowest BCUT2D eigenvalue weighted by Gasteiger charge is -2.30. The first-order valence-electron chi connectivity index (χ1n) is 9.09. The minimum Gasteiger partial charge on any atom is -0.343 e. The van der Waals surface area contributed by atoms with Gasteiger partial charge in [-0.15, -0.1) is 0 Å². The van der Waals surface area contributed by atoms with Crippen LogP contribution in [0, 0.1) is 11.6 Å². The molecule has 0 atom stereocenters. The molecule has 0 N–H and O–H groups in total. The molecule has 0 saturated carbocycles. The Bertz CT molecular complexity index is 954. The predicted octanol–water partition coefficient (Wildman–Crippen LogP) is 4.89. The van der Waals surface area contributed by atoms with Crippen LogP contribution in [-0.4, -0.2) is 23.1 Å². The third-order valence-electron chi connectivity index (χ3n) is 5.59. The Kier molecular flexibility index (Phi) is 4.11. The average molecular weight is 354 g/mol. The molecule has 1 aliphatic heterocycles. The molecule has 2 aromatic carbocycles. The van der Waals surface area contributed by atoms with Gasteiger partial charge in [0.2, 0.25) is 0 Å². The van der Waals surface area contributed by atoms with Gasteiger partial charge in [-0.05, 0) is 48.5 Å². The van der Waals surface area contributed by atoms with Crippen molar-refractivity contribution in [1.29, 1.82) is 0 Å². The van der Waals surface area contributed by atoms with Crippen LogP contribution >= 0.6 is 0 Å². The van der Waals surface area contributed by atoms with Crippen LogP contribution in [0.5, 0.6) is 0 Å². The lowest BCUT2D eigenvalue weighted by atomic mass is 9.84. The van der Waals surface area contributed by atoms with E-state index in [1.165, 1.54) is 23.4 Å². The summed E-state index contributed by atoms with van der Waals surface area (Å²) in [5.41, 5.74) is 4.57. The van der Waals surface area contributed by atoms with Gasteiger partial charge in [0.1, 0.15) is 11.6 Å². The molecule has 4 heteroatoms. The fraction of sp³-hybridized carbons (Fsp3) is 0.364. The summed E-state index contributed by atoms with van der Waals surface area (Å²) < 4.78 is 29.6. The van der Waals surface area contributed by atoms with Gasteiger partial charge >= 0.3 is 0 Å². The number of halogens is 2. The van der Waals surface area contributed by atoms with E-state index in [2.05, 4.69) is 30.4 Å². The summed E-state index contributed by atoms with van der Waals surface area (Å²) in [5.74, 6) is -0.407. The van der Waals surface area contributed by atoms with Crippen LogP contribution < -0.4 is 0 Å². The summed E-state index contributed by atoms with van der Waals surface area (Å²) in [5, 5.41) is 1.02. The molecule has 2 nitrogen and oxygen atoms in total. The Morgan fingerprint density at radius 3 is 2.42 bits per heavy atom. The van der Waals surface area contributed by atoms with E-state index in [4.69, 9.17) is 0 Å². The van der Waals surface area contributed by atoms with Crippen molar-refractivity contribution in [3.05, 3.63) is 70.9 Å². The fourth-order valence-corrected chi connectivity index (χ4v) is 4.13. The van der Waals surface area contributed by atoms with Crippen molar-refractivity contribution in [2.24, 2.45) is 0 Å². The average Bonchev–Trinajstić information content (AvgIpc) is 2.87. The predicted molar refractivity (Wildman–Crippen MR) is 101 cm³/mol. The molecule has 1 aromatic heterocycles. The molecule has 0 radical (unpaired) electrons. The van der Waals surface area contributed by atoms with E-state index < -0.39 is 0 Å². The fourth-order valence-electron chi connectivity index (χ4n) is 4.13. The third kappa shape index (κ3) is 2.92. The van der Waals surface area contributed by atoms with Crippen LogP contribution in [0.2, 0.25) is 0 Å². The Balaban J connectivity index is 1.82. The molecule has 26 heavy (non-hydrogen) atoms. The number of benzene rings is 2. The zero-order valence-corrected chi connectivity index (χ0v) is 15.5. The normalized spacial score (nSPS) is 15.4. The van der Waals surface area contributed by atoms with E-state index in [1.54, 1.807) is 12.1 Å². The van der Waals surface area contributed by atoms with Crippen LogP contribution in [0.4, 0.5) is 8.78 Å². The SMILES string of the molecule is CN1CCc2c(c3cc(F)ccc3n2CC(C)(C)c2ccc(F)cc2)C1. The van der Waals surface area contributed by atoms with Gasteiger partial charge in [-0.2, -0.15) is 0 Å². The molecule has 0 spiro atoms. The van der Waals surface area contributed by atoms with Gasteiger partial charge in [-0.1, -0.05) is 26.0 Å². The standard InChI is InChI=1S/C22H24F2N2/c1-22(2,15-4-6-16(23)7-5-15)14-26-20-9-8-17(24)12-18(20)19-13-25(3)11-10-21(19)26/h4-9,12H,10-11,13-14H2,1-3H3. The monoisotopic (exact) mass is 354 g/mol. The largest absolute Gasteiger partial charge is 0.343 e. The minimum atomic E-state index is -0.216. The van der Waals surface area contributed by atoms with Crippen molar-refractivity contribution >= 4 is 10.9 Å². The molecular weight excluding hydrogens is 330 g/mol. The number of hydrogen-bond acceptors (Lipinski definition) is 1. The number of rotatable bonds is 3. The highest BCUT2D eigenvalue weighted by Crippen LogP contribution is 2.35. The van der Waals surface area contributed by atoms with Gasteiger partial charge in [0.15, 0.2) is 0 Å². The van der Waals surface area contributed by atoms with Crippen LogP contribution in [0.3, 0.4) is 0 Å². The van der Waals surface area contributed by atoms with E-state index >= 15 is 0 Å². The summed E-state index contributed by atoms with van der Waals surface area (Å²) in [7, 11) is 2.11. The Morgan fingerprint density at radius 2 is 1.69 bits per heavy atom. The molecule has 3 aromatic rings. The summed E-state index contributed by atoms with van der Waals surface area (Å²) in [6.07, 6.45) is 0.960. The molecule has 1 aliphatic rings. The smallest absolute Gasteiger partial charge is 0.123 e. The zero-order chi connectivity index (χ0) is 18.5. The summed E-state index contributed by atoms with van der Waals surface area (Å²) in [6.45, 7) is 6.98. The number of aromatic nitrogens is 1. The first kappa shape index (κ1) is 17.2. The summed E-state index contributed by atoms with van der Waals surface area (Å²) in [6, 6.07) is 11.9. The van der Waals surface area contributed by atoms with Gasteiger partial charge in [0, 0.05) is 48.1 Å². The first-order chi connectivity index (χ1) is 12.3. The van der Waals surface area contributed by atoms with Crippen molar-refractivity contribution in [3.63, 3.8) is 0 Å². The van der Waals surface area contributed by atoms with Gasteiger partial charge in [0.25, 0.3) is 0 Å². The molecule has 0 aliphatic carbocycles. The van der Waals surface area contributed by atoms with E-state index in [0.717, 1.165) is 42.5 Å². The Labute approximate surface area is 153 Å². The van der Waals surface area contributed by atoms with Crippen LogP contribution in [0.25, 0.3) is 10.9 Å². The number of likely N-dealkylation sites (N-methyl/N-ethyl adjacent to an activating group) is 1. The van der Waals surface area contributed by atoms with E-state index in [9.17, 15) is 8.78 Å². The molecule has 0 amide bonds. The van der Waals surface area contributed by atoms with Crippen molar-refractivity contribution in [3.8, 4) is 0 Å². The third-order valence-corrected chi connectivity index (χ3v) is 5.59. The molecule has 0 unspecified atom stereocenters. The number of fused-ring (bicyclic) bond motifs is 3. The highest BCUT2D eigenvalue weighted by Gasteiger charge is 2.28. The van der Waals surface area contributed by atoms with Gasteiger partial charge in [-0.3, -0.25) is 0 Å². The molecule has 4 rings (SSSR count). The molecular formula is C22H24F2N2. The number of nitrogens with zero attached hydrogens (tertiary/aromatic N) is 2. The Hall–Kier alpha value is -2.20. The van der Waals surface area contributed by atoms with Crippen LogP contribution in [-0.2, 0) is 24.9 Å². The second kappa shape index (κ2) is 6.20. The lowest BCUT2D eigenvalue weighted by Crippen LogP contribution is -2.30. The van der Waals surface area contributed by atoms with Crippen molar-refractivity contribution in [1.82, 2.24) is 9.47 Å². The molecule has 0 bridgehead atoms. The van der Waals surface area contributed by atoms with Gasteiger partial charge in [0.05, 0.1) is 0 Å². The Morgan fingerprint density at radius 1 is 1.00 bits per heavy atom. The number of hydrogen-bond donors (Lipinski definition) is 0. The zero-order valence-electron chi connectivity index (χ0n) is 15.5. The van der Waals surface area contributed by atoms with Crippen molar-refractivity contribution < 1.29 is 8.78 Å².